The maximum Gasteiger partial charge on any atom is 0.186 e. The van der Waals surface area contributed by atoms with Gasteiger partial charge in [-0.3, -0.25) is 5.10 Å². The molecule has 2 heterocycles. The van der Waals surface area contributed by atoms with E-state index in [9.17, 15) is 0 Å². The number of rotatable bonds is 1. The lowest BCUT2D eigenvalue weighted by Gasteiger charge is -2.15. The minimum atomic E-state index is -0.106. The summed E-state index contributed by atoms with van der Waals surface area (Å²) in [4.78, 5) is 0. The number of halogens is 1. The van der Waals surface area contributed by atoms with Gasteiger partial charge in [0.2, 0.25) is 0 Å². The van der Waals surface area contributed by atoms with E-state index in [1.807, 2.05) is 16.8 Å². The van der Waals surface area contributed by atoms with Crippen molar-refractivity contribution in [1.29, 1.82) is 0 Å². The van der Waals surface area contributed by atoms with E-state index in [1.54, 1.807) is 0 Å². The maximum absolute atomic E-state index is 6.05. The third kappa shape index (κ3) is 2.23. The van der Waals surface area contributed by atoms with Crippen LogP contribution in [0.25, 0.3) is 16.7 Å². The van der Waals surface area contributed by atoms with Crippen LogP contribution in [0, 0.1) is 6.92 Å². The van der Waals surface area contributed by atoms with Crippen LogP contribution in [0.4, 0.5) is 5.82 Å². The normalized spacial score (nSPS) is 12.2. The number of hydrogen-bond acceptors (Lipinski definition) is 3. The Kier molecular flexibility index (Phi) is 3.09. The molecular formula is C15H18BrN5. The van der Waals surface area contributed by atoms with E-state index in [2.05, 4.69) is 59.9 Å². The van der Waals surface area contributed by atoms with Gasteiger partial charge in [0.1, 0.15) is 5.82 Å². The molecule has 5 nitrogen and oxygen atoms in total. The van der Waals surface area contributed by atoms with Crippen LogP contribution in [-0.4, -0.2) is 20.0 Å². The van der Waals surface area contributed by atoms with Crippen LogP contribution in [0.1, 0.15) is 32.0 Å². The van der Waals surface area contributed by atoms with Crippen molar-refractivity contribution in [3.05, 3.63) is 33.9 Å². The Labute approximate surface area is 131 Å². The average Bonchev–Trinajstić information content (AvgIpc) is 2.90. The molecule has 110 valence electrons. The molecule has 0 unspecified atom stereocenters. The van der Waals surface area contributed by atoms with E-state index in [1.165, 1.54) is 0 Å². The first kappa shape index (κ1) is 14.1. The summed E-state index contributed by atoms with van der Waals surface area (Å²) in [6.07, 6.45) is 0. The highest BCUT2D eigenvalue weighted by atomic mass is 79.9. The summed E-state index contributed by atoms with van der Waals surface area (Å²) in [5, 5.41) is 12.9. The first-order chi connectivity index (χ1) is 9.79. The number of nitrogens with zero attached hydrogens (tertiary/aromatic N) is 3. The van der Waals surface area contributed by atoms with Gasteiger partial charge in [-0.05, 0) is 30.7 Å². The van der Waals surface area contributed by atoms with Crippen molar-refractivity contribution in [3.63, 3.8) is 0 Å². The first-order valence-corrected chi connectivity index (χ1v) is 7.58. The SMILES string of the molecule is Cc1cc(Br)ccc1-n1nc(C(C)(C)C)c2c(N)[nH]nc21. The van der Waals surface area contributed by atoms with Crippen molar-refractivity contribution >= 4 is 32.8 Å². The van der Waals surface area contributed by atoms with E-state index in [0.717, 1.165) is 32.5 Å². The Hall–Kier alpha value is -1.82. The fourth-order valence-electron chi connectivity index (χ4n) is 2.48. The van der Waals surface area contributed by atoms with Gasteiger partial charge in [0.05, 0.1) is 16.8 Å². The highest BCUT2D eigenvalue weighted by Gasteiger charge is 2.26. The van der Waals surface area contributed by atoms with E-state index in [0.29, 0.717) is 5.82 Å². The third-order valence-corrected chi connectivity index (χ3v) is 4.00. The fraction of sp³-hybridized carbons (Fsp3) is 0.333. The molecule has 0 aliphatic carbocycles. The zero-order chi connectivity index (χ0) is 15.4. The molecular weight excluding hydrogens is 330 g/mol. The number of nitrogens with one attached hydrogen (secondary N) is 1. The Balaban J connectivity index is 2.34. The fourth-order valence-corrected chi connectivity index (χ4v) is 2.95. The van der Waals surface area contributed by atoms with Gasteiger partial charge in [-0.15, -0.1) is 0 Å². The van der Waals surface area contributed by atoms with Crippen molar-refractivity contribution in [3.8, 4) is 5.69 Å². The van der Waals surface area contributed by atoms with Crippen molar-refractivity contribution in [2.45, 2.75) is 33.1 Å². The molecule has 0 aliphatic rings. The summed E-state index contributed by atoms with van der Waals surface area (Å²) in [6, 6.07) is 6.10. The molecule has 0 saturated carbocycles. The second-order valence-electron chi connectivity index (χ2n) is 6.28. The largest absolute Gasteiger partial charge is 0.383 e. The second kappa shape index (κ2) is 4.59. The zero-order valence-corrected chi connectivity index (χ0v) is 14.1. The number of aromatic nitrogens is 4. The maximum atomic E-state index is 6.05. The molecule has 0 amide bonds. The number of hydrogen-bond donors (Lipinski definition) is 2. The zero-order valence-electron chi connectivity index (χ0n) is 12.5. The molecule has 0 saturated heterocycles. The molecule has 0 radical (unpaired) electrons. The number of anilines is 1. The van der Waals surface area contributed by atoms with Crippen molar-refractivity contribution < 1.29 is 0 Å². The Morgan fingerprint density at radius 2 is 2.00 bits per heavy atom. The summed E-state index contributed by atoms with van der Waals surface area (Å²) in [5.74, 6) is 0.566. The van der Waals surface area contributed by atoms with E-state index in [4.69, 9.17) is 10.8 Å². The number of H-pyrrole nitrogens is 1. The molecule has 21 heavy (non-hydrogen) atoms. The van der Waals surface area contributed by atoms with Crippen LogP contribution in [0.3, 0.4) is 0 Å². The molecule has 0 fully saturated rings. The molecule has 1 aromatic carbocycles. The molecule has 3 aromatic rings. The van der Waals surface area contributed by atoms with Crippen LogP contribution < -0.4 is 5.73 Å². The van der Waals surface area contributed by atoms with Crippen LogP contribution >= 0.6 is 15.9 Å². The van der Waals surface area contributed by atoms with Gasteiger partial charge in [-0.25, -0.2) is 4.68 Å². The monoisotopic (exact) mass is 347 g/mol. The Morgan fingerprint density at radius 1 is 1.29 bits per heavy atom. The van der Waals surface area contributed by atoms with Gasteiger partial charge in [0.15, 0.2) is 5.65 Å². The predicted octanol–water partition coefficient (Wildman–Crippen LogP) is 3.70. The number of benzene rings is 1. The lowest BCUT2D eigenvalue weighted by molar-refractivity contribution is 0.564. The summed E-state index contributed by atoms with van der Waals surface area (Å²) in [5.41, 5.74) is 9.78. The minimum absolute atomic E-state index is 0.106. The second-order valence-corrected chi connectivity index (χ2v) is 7.19. The molecule has 0 bridgehead atoms. The lowest BCUT2D eigenvalue weighted by atomic mass is 9.91. The molecule has 0 atom stereocenters. The van der Waals surface area contributed by atoms with Crippen LogP contribution in [-0.2, 0) is 5.41 Å². The number of fused-ring (bicyclic) bond motifs is 1. The quantitative estimate of drug-likeness (QED) is 0.704. The van der Waals surface area contributed by atoms with Crippen LogP contribution in [0.2, 0.25) is 0 Å². The number of aromatic amines is 1. The van der Waals surface area contributed by atoms with Crippen LogP contribution in [0.5, 0.6) is 0 Å². The number of nitrogens with two attached hydrogens (primary N) is 1. The lowest BCUT2D eigenvalue weighted by Crippen LogP contribution is -2.14. The molecule has 6 heteroatoms. The van der Waals surface area contributed by atoms with Crippen molar-refractivity contribution in [1.82, 2.24) is 20.0 Å². The van der Waals surface area contributed by atoms with E-state index < -0.39 is 0 Å². The molecule has 0 spiro atoms. The first-order valence-electron chi connectivity index (χ1n) is 6.78. The third-order valence-electron chi connectivity index (χ3n) is 3.51. The topological polar surface area (TPSA) is 72.5 Å². The van der Waals surface area contributed by atoms with Gasteiger partial charge in [-0.2, -0.15) is 10.2 Å². The summed E-state index contributed by atoms with van der Waals surface area (Å²) in [7, 11) is 0. The number of nitrogen functional groups attached to an aromatic ring is 1. The standard InChI is InChI=1S/C15H18BrN5/c1-8-7-9(16)5-6-10(8)21-14-11(13(17)18-19-14)12(20-21)15(2,3)4/h5-7H,1-4H3,(H3,17,18,19). The predicted molar refractivity (Wildman–Crippen MR) is 88.8 cm³/mol. The summed E-state index contributed by atoms with van der Waals surface area (Å²) < 4.78 is 2.91. The number of aryl methyl sites for hydroxylation is 1. The summed E-state index contributed by atoms with van der Waals surface area (Å²) >= 11 is 3.49. The molecule has 3 rings (SSSR count). The van der Waals surface area contributed by atoms with Crippen molar-refractivity contribution in [2.75, 3.05) is 5.73 Å². The van der Waals surface area contributed by atoms with E-state index in [-0.39, 0.29) is 5.41 Å². The highest BCUT2D eigenvalue weighted by Crippen LogP contribution is 2.33. The Morgan fingerprint density at radius 3 is 2.62 bits per heavy atom. The molecule has 2 aromatic heterocycles. The molecule has 0 aliphatic heterocycles. The van der Waals surface area contributed by atoms with Gasteiger partial charge >= 0.3 is 0 Å². The van der Waals surface area contributed by atoms with Gasteiger partial charge in [0, 0.05) is 9.89 Å². The van der Waals surface area contributed by atoms with Gasteiger partial charge in [0.25, 0.3) is 0 Å². The van der Waals surface area contributed by atoms with E-state index >= 15 is 0 Å². The van der Waals surface area contributed by atoms with Crippen LogP contribution in [0.15, 0.2) is 22.7 Å². The van der Waals surface area contributed by atoms with Gasteiger partial charge in [-0.1, -0.05) is 36.7 Å². The van der Waals surface area contributed by atoms with Crippen molar-refractivity contribution in [2.24, 2.45) is 0 Å². The Bertz CT molecular complexity index is 823. The smallest absolute Gasteiger partial charge is 0.186 e. The van der Waals surface area contributed by atoms with Gasteiger partial charge < -0.3 is 5.73 Å². The average molecular weight is 348 g/mol. The minimum Gasteiger partial charge on any atom is -0.383 e. The highest BCUT2D eigenvalue weighted by molar-refractivity contribution is 9.10. The summed E-state index contributed by atoms with van der Waals surface area (Å²) in [6.45, 7) is 8.43. The molecule has 3 N–H and O–H groups in total.